The number of ether oxygens (including phenoxy) is 2. The number of aromatic amines is 1. The van der Waals surface area contributed by atoms with Crippen molar-refractivity contribution >= 4 is 17.5 Å². The van der Waals surface area contributed by atoms with Gasteiger partial charge in [-0.3, -0.25) is 0 Å². The summed E-state index contributed by atoms with van der Waals surface area (Å²) in [6, 6.07) is 27.2. The zero-order valence-electron chi connectivity index (χ0n) is 24.2. The van der Waals surface area contributed by atoms with Gasteiger partial charge in [-0.1, -0.05) is 92.2 Å². The maximum absolute atomic E-state index is 6.14. The number of fused-ring (bicyclic) bond motifs is 1. The van der Waals surface area contributed by atoms with Crippen molar-refractivity contribution in [3.8, 4) is 22.5 Å². The van der Waals surface area contributed by atoms with E-state index < -0.39 is 0 Å². The first kappa shape index (κ1) is 27.2. The molecule has 0 radical (unpaired) electrons. The number of nitrogens with one attached hydrogen (secondary N) is 2. The van der Waals surface area contributed by atoms with Gasteiger partial charge in [-0.05, 0) is 57.2 Å². The molecule has 218 valence electrons. The third-order valence-corrected chi connectivity index (χ3v) is 8.11. The second-order valence-electron chi connectivity index (χ2n) is 11.0. The fraction of sp³-hybridized carbons (Fsp3) is 0.294. The highest BCUT2D eigenvalue weighted by atomic mass is 16.7. The van der Waals surface area contributed by atoms with E-state index in [9.17, 15) is 0 Å². The highest BCUT2D eigenvalue weighted by molar-refractivity contribution is 5.91. The number of tetrazole rings is 1. The predicted molar refractivity (Wildman–Crippen MR) is 167 cm³/mol. The Morgan fingerprint density at radius 3 is 2.40 bits per heavy atom. The van der Waals surface area contributed by atoms with Gasteiger partial charge in [0.2, 0.25) is 0 Å². The van der Waals surface area contributed by atoms with Gasteiger partial charge in [0.25, 0.3) is 0 Å². The Kier molecular flexibility index (Phi) is 7.81. The normalized spacial score (nSPS) is 16.9. The molecule has 4 heterocycles. The molecule has 2 N–H and O–H groups in total. The number of unbranched alkanes of at least 4 members (excludes halogenated alkanes) is 1. The molecule has 1 atom stereocenters. The molecule has 9 heteroatoms. The first-order valence-electron chi connectivity index (χ1n) is 15.1. The largest absolute Gasteiger partial charge is 0.358 e. The number of anilines is 1. The molecular weight excluding hydrogens is 538 g/mol. The van der Waals surface area contributed by atoms with Crippen LogP contribution >= 0.6 is 0 Å². The smallest absolute Gasteiger partial charge is 0.181 e. The predicted octanol–water partition coefficient (Wildman–Crippen LogP) is 6.22. The molecule has 0 aliphatic carbocycles. The van der Waals surface area contributed by atoms with Crippen LogP contribution in [0.15, 0.2) is 78.9 Å². The SMILES string of the molecule is CCCCc1nc2c(n1Cc1ccc(-c3ccccc3-c3nnn[nH]3)cc1)NC(C1OCCCO1)C(c1ccccc1)=C2. The molecule has 7 rings (SSSR count). The molecule has 5 aromatic rings. The van der Waals surface area contributed by atoms with Crippen molar-refractivity contribution in [3.05, 3.63) is 102 Å². The van der Waals surface area contributed by atoms with Crippen LogP contribution in [0.4, 0.5) is 5.82 Å². The molecule has 0 bridgehead atoms. The van der Waals surface area contributed by atoms with E-state index in [4.69, 9.17) is 14.5 Å². The van der Waals surface area contributed by atoms with Crippen LogP contribution < -0.4 is 5.32 Å². The molecule has 3 aromatic carbocycles. The molecule has 2 aliphatic heterocycles. The van der Waals surface area contributed by atoms with Crippen LogP contribution in [0.25, 0.3) is 34.2 Å². The Balaban J connectivity index is 1.23. The lowest BCUT2D eigenvalue weighted by molar-refractivity contribution is -0.178. The van der Waals surface area contributed by atoms with Crippen molar-refractivity contribution in [1.29, 1.82) is 0 Å². The van der Waals surface area contributed by atoms with Gasteiger partial charge in [0.1, 0.15) is 23.4 Å². The standard InChI is InChI=1S/C34H35N7O2/c1-2-3-14-30-35-29-21-28(24-10-5-4-6-11-24)31(34-42-19-9-20-43-34)36-33(29)41(30)22-23-15-17-25(18-16-23)26-12-7-8-13-27(26)32-37-39-40-38-32/h4-8,10-13,15-18,21,31,34,36H,2-3,9,14,19-20,22H2,1H3,(H,37,38,39,40). The third kappa shape index (κ3) is 5.61. The van der Waals surface area contributed by atoms with Gasteiger partial charge < -0.3 is 19.4 Å². The number of imidazole rings is 1. The van der Waals surface area contributed by atoms with E-state index in [1.165, 1.54) is 5.56 Å². The minimum absolute atomic E-state index is 0.144. The van der Waals surface area contributed by atoms with Gasteiger partial charge in [-0.15, -0.1) is 5.10 Å². The molecular formula is C34H35N7O2. The summed E-state index contributed by atoms with van der Waals surface area (Å²) in [6.45, 7) is 4.32. The molecule has 1 saturated heterocycles. The van der Waals surface area contributed by atoms with Crippen LogP contribution in [-0.2, 0) is 22.4 Å². The average molecular weight is 574 g/mol. The number of hydrogen-bond donors (Lipinski definition) is 2. The summed E-state index contributed by atoms with van der Waals surface area (Å²) in [5, 5.41) is 18.3. The Labute approximate surface area is 251 Å². The van der Waals surface area contributed by atoms with Crippen LogP contribution in [0, 0.1) is 0 Å². The van der Waals surface area contributed by atoms with E-state index in [0.717, 1.165) is 70.8 Å². The van der Waals surface area contributed by atoms with Gasteiger partial charge in [0.05, 0.1) is 19.8 Å². The Hall–Kier alpha value is -4.60. The Morgan fingerprint density at radius 2 is 1.65 bits per heavy atom. The van der Waals surface area contributed by atoms with E-state index in [-0.39, 0.29) is 12.3 Å². The van der Waals surface area contributed by atoms with Crippen molar-refractivity contribution < 1.29 is 9.47 Å². The van der Waals surface area contributed by atoms with E-state index in [0.29, 0.717) is 25.6 Å². The second-order valence-corrected chi connectivity index (χ2v) is 11.0. The lowest BCUT2D eigenvalue weighted by atomic mass is 9.94. The number of H-pyrrole nitrogens is 1. The lowest BCUT2D eigenvalue weighted by Gasteiger charge is -2.35. The molecule has 1 fully saturated rings. The highest BCUT2D eigenvalue weighted by Crippen LogP contribution is 2.37. The van der Waals surface area contributed by atoms with E-state index in [1.54, 1.807) is 0 Å². The van der Waals surface area contributed by atoms with Gasteiger partial charge >= 0.3 is 0 Å². The number of aromatic nitrogens is 6. The molecule has 0 saturated carbocycles. The summed E-state index contributed by atoms with van der Waals surface area (Å²) in [4.78, 5) is 5.17. The summed E-state index contributed by atoms with van der Waals surface area (Å²) in [5.74, 6) is 2.75. The van der Waals surface area contributed by atoms with Gasteiger partial charge in [-0.25, -0.2) is 10.1 Å². The fourth-order valence-electron chi connectivity index (χ4n) is 5.92. The second kappa shape index (κ2) is 12.3. The monoisotopic (exact) mass is 573 g/mol. The molecule has 43 heavy (non-hydrogen) atoms. The van der Waals surface area contributed by atoms with Crippen LogP contribution in [0.1, 0.15) is 48.8 Å². The summed E-state index contributed by atoms with van der Waals surface area (Å²) in [7, 11) is 0. The van der Waals surface area contributed by atoms with E-state index >= 15 is 0 Å². The maximum Gasteiger partial charge on any atom is 0.181 e. The van der Waals surface area contributed by atoms with Crippen molar-refractivity contribution in [2.45, 2.75) is 51.5 Å². The zero-order chi connectivity index (χ0) is 29.0. The van der Waals surface area contributed by atoms with Crippen molar-refractivity contribution in [2.75, 3.05) is 18.5 Å². The van der Waals surface area contributed by atoms with Crippen molar-refractivity contribution in [1.82, 2.24) is 30.2 Å². The number of aryl methyl sites for hydroxylation is 1. The van der Waals surface area contributed by atoms with Crippen LogP contribution in [0.3, 0.4) is 0 Å². The molecule has 2 aromatic heterocycles. The van der Waals surface area contributed by atoms with Gasteiger partial charge in [0, 0.05) is 12.0 Å². The van der Waals surface area contributed by atoms with Gasteiger partial charge in [-0.2, -0.15) is 0 Å². The molecule has 2 aliphatic rings. The minimum atomic E-state index is -0.366. The molecule has 9 nitrogen and oxygen atoms in total. The van der Waals surface area contributed by atoms with Crippen LogP contribution in [-0.4, -0.2) is 55.7 Å². The third-order valence-electron chi connectivity index (χ3n) is 8.11. The van der Waals surface area contributed by atoms with E-state index in [1.807, 2.05) is 24.3 Å². The fourth-order valence-corrected chi connectivity index (χ4v) is 5.92. The maximum atomic E-state index is 6.14. The van der Waals surface area contributed by atoms with Gasteiger partial charge in [0.15, 0.2) is 12.1 Å². The topological polar surface area (TPSA) is 103 Å². The molecule has 0 amide bonds. The number of rotatable bonds is 9. The molecule has 1 unspecified atom stereocenters. The minimum Gasteiger partial charge on any atom is -0.358 e. The van der Waals surface area contributed by atoms with Crippen molar-refractivity contribution in [3.63, 3.8) is 0 Å². The lowest BCUT2D eigenvalue weighted by Crippen LogP contribution is -2.43. The summed E-state index contributed by atoms with van der Waals surface area (Å²) >= 11 is 0. The summed E-state index contributed by atoms with van der Waals surface area (Å²) in [6.07, 6.45) is 5.87. The first-order valence-corrected chi connectivity index (χ1v) is 15.1. The first-order chi connectivity index (χ1) is 21.3. The Bertz CT molecular complexity index is 1690. The highest BCUT2D eigenvalue weighted by Gasteiger charge is 2.35. The summed E-state index contributed by atoms with van der Waals surface area (Å²) in [5.41, 5.74) is 7.59. The number of benzene rings is 3. The zero-order valence-corrected chi connectivity index (χ0v) is 24.2. The molecule has 0 spiro atoms. The summed E-state index contributed by atoms with van der Waals surface area (Å²) < 4.78 is 14.6. The number of nitrogens with zero attached hydrogens (tertiary/aromatic N) is 5. The van der Waals surface area contributed by atoms with Crippen molar-refractivity contribution in [2.24, 2.45) is 0 Å². The quantitative estimate of drug-likeness (QED) is 0.216. The van der Waals surface area contributed by atoms with Crippen LogP contribution in [0.5, 0.6) is 0 Å². The van der Waals surface area contributed by atoms with Crippen LogP contribution in [0.2, 0.25) is 0 Å². The Morgan fingerprint density at radius 1 is 0.884 bits per heavy atom. The van der Waals surface area contributed by atoms with E-state index in [2.05, 4.69) is 98.1 Å². The number of hydrogen-bond acceptors (Lipinski definition) is 7. The average Bonchev–Trinajstić information content (AvgIpc) is 3.73.